The van der Waals surface area contributed by atoms with Crippen LogP contribution in [0.15, 0.2) is 29.8 Å². The van der Waals surface area contributed by atoms with E-state index in [2.05, 4.69) is 11.1 Å². The number of nitrogens with zero attached hydrogens (tertiary/aromatic N) is 2. The molecule has 0 bridgehead atoms. The molecule has 0 aliphatic carbocycles. The van der Waals surface area contributed by atoms with Crippen LogP contribution >= 0.6 is 11.3 Å². The van der Waals surface area contributed by atoms with Crippen molar-refractivity contribution in [2.75, 3.05) is 5.73 Å². The Bertz CT molecular complexity index is 483. The highest BCUT2D eigenvalue weighted by molar-refractivity contribution is 7.13. The third-order valence-corrected chi connectivity index (χ3v) is 2.65. The monoisotopic (exact) mass is 201 g/mol. The number of nitriles is 1. The Hall–Kier alpha value is -1.86. The molecule has 0 radical (unpaired) electrons. The zero-order valence-electron chi connectivity index (χ0n) is 7.27. The van der Waals surface area contributed by atoms with Crippen LogP contribution in [0.5, 0.6) is 0 Å². The van der Waals surface area contributed by atoms with Crippen molar-refractivity contribution in [3.63, 3.8) is 0 Å². The molecule has 0 fully saturated rings. The summed E-state index contributed by atoms with van der Waals surface area (Å²) in [6.45, 7) is 0. The summed E-state index contributed by atoms with van der Waals surface area (Å²) < 4.78 is 0. The molecule has 1 aromatic carbocycles. The molecule has 2 N–H and O–H groups in total. The first-order chi connectivity index (χ1) is 6.81. The topological polar surface area (TPSA) is 62.7 Å². The lowest BCUT2D eigenvalue weighted by atomic mass is 10.1. The second kappa shape index (κ2) is 3.48. The van der Waals surface area contributed by atoms with Gasteiger partial charge >= 0.3 is 0 Å². The van der Waals surface area contributed by atoms with Crippen molar-refractivity contribution in [1.82, 2.24) is 4.98 Å². The third kappa shape index (κ3) is 1.45. The second-order valence-corrected chi connectivity index (χ2v) is 3.65. The minimum atomic E-state index is 0.601. The van der Waals surface area contributed by atoms with Gasteiger partial charge in [-0.2, -0.15) is 5.26 Å². The lowest BCUT2D eigenvalue weighted by Gasteiger charge is -2.01. The van der Waals surface area contributed by atoms with Gasteiger partial charge in [-0.3, -0.25) is 0 Å². The smallest absolute Gasteiger partial charge is 0.125 e. The molecule has 2 rings (SSSR count). The maximum absolute atomic E-state index is 8.74. The van der Waals surface area contributed by atoms with E-state index in [0.29, 0.717) is 11.3 Å². The zero-order valence-corrected chi connectivity index (χ0v) is 8.08. The molecule has 14 heavy (non-hydrogen) atoms. The van der Waals surface area contributed by atoms with Crippen LogP contribution in [0.1, 0.15) is 5.56 Å². The van der Waals surface area contributed by atoms with Gasteiger partial charge in [0.15, 0.2) is 0 Å². The highest BCUT2D eigenvalue weighted by Gasteiger charge is 2.05. The number of hydrogen-bond acceptors (Lipinski definition) is 4. The van der Waals surface area contributed by atoms with Gasteiger partial charge in [0.05, 0.1) is 11.6 Å². The number of nitrogens with two attached hydrogens (primary N) is 1. The van der Waals surface area contributed by atoms with Crippen molar-refractivity contribution in [3.05, 3.63) is 35.3 Å². The average molecular weight is 201 g/mol. The number of nitrogen functional groups attached to an aromatic ring is 1. The van der Waals surface area contributed by atoms with Gasteiger partial charge in [-0.25, -0.2) is 4.98 Å². The predicted octanol–water partition coefficient (Wildman–Crippen LogP) is 2.26. The fourth-order valence-electron chi connectivity index (χ4n) is 1.17. The van der Waals surface area contributed by atoms with E-state index in [9.17, 15) is 0 Å². The van der Waals surface area contributed by atoms with Gasteiger partial charge in [-0.05, 0) is 18.2 Å². The van der Waals surface area contributed by atoms with Crippen molar-refractivity contribution < 1.29 is 0 Å². The standard InChI is InChI=1S/C10H7N3S/c11-6-7-1-2-9(12)8(5-7)10-13-3-4-14-10/h1-5H,12H2. The minimum absolute atomic E-state index is 0.601. The third-order valence-electron chi connectivity index (χ3n) is 1.85. The first-order valence-corrected chi connectivity index (χ1v) is 4.88. The van der Waals surface area contributed by atoms with Crippen molar-refractivity contribution >= 4 is 17.0 Å². The molecule has 0 unspecified atom stereocenters. The van der Waals surface area contributed by atoms with Crippen LogP contribution in [0.3, 0.4) is 0 Å². The molecule has 1 aromatic heterocycles. The Morgan fingerprint density at radius 2 is 2.29 bits per heavy atom. The maximum Gasteiger partial charge on any atom is 0.125 e. The Morgan fingerprint density at radius 3 is 2.93 bits per heavy atom. The number of rotatable bonds is 1. The predicted molar refractivity (Wildman–Crippen MR) is 56.7 cm³/mol. The molecule has 0 aliphatic heterocycles. The molecular weight excluding hydrogens is 194 g/mol. The van der Waals surface area contributed by atoms with Gasteiger partial charge in [-0.1, -0.05) is 0 Å². The molecule has 0 aliphatic rings. The highest BCUT2D eigenvalue weighted by atomic mass is 32.1. The van der Waals surface area contributed by atoms with E-state index in [0.717, 1.165) is 10.6 Å². The molecular formula is C10H7N3S. The van der Waals surface area contributed by atoms with E-state index in [1.165, 1.54) is 11.3 Å². The van der Waals surface area contributed by atoms with Crippen molar-refractivity contribution in [1.29, 1.82) is 5.26 Å². The number of hydrogen-bond donors (Lipinski definition) is 1. The van der Waals surface area contributed by atoms with Crippen molar-refractivity contribution in [3.8, 4) is 16.6 Å². The molecule has 0 saturated heterocycles. The summed E-state index contributed by atoms with van der Waals surface area (Å²) in [6.07, 6.45) is 1.72. The van der Waals surface area contributed by atoms with Gasteiger partial charge in [0.25, 0.3) is 0 Å². The molecule has 2 aromatic rings. The Labute approximate surface area is 85.4 Å². The SMILES string of the molecule is N#Cc1ccc(N)c(-c2nccs2)c1. The summed E-state index contributed by atoms with van der Waals surface area (Å²) in [4.78, 5) is 4.15. The van der Waals surface area contributed by atoms with Gasteiger partial charge in [0.1, 0.15) is 5.01 Å². The summed E-state index contributed by atoms with van der Waals surface area (Å²) >= 11 is 1.51. The summed E-state index contributed by atoms with van der Waals surface area (Å²) in [5, 5.41) is 11.5. The zero-order chi connectivity index (χ0) is 9.97. The molecule has 0 atom stereocenters. The molecule has 0 amide bonds. The summed E-state index contributed by atoms with van der Waals surface area (Å²) in [6, 6.07) is 7.27. The molecule has 68 valence electrons. The largest absolute Gasteiger partial charge is 0.398 e. The Kier molecular flexibility index (Phi) is 2.17. The van der Waals surface area contributed by atoms with Gasteiger partial charge in [0, 0.05) is 22.8 Å². The van der Waals surface area contributed by atoms with Crippen molar-refractivity contribution in [2.24, 2.45) is 0 Å². The average Bonchev–Trinajstić information content (AvgIpc) is 2.71. The number of benzene rings is 1. The molecule has 0 spiro atoms. The number of anilines is 1. The lowest BCUT2D eigenvalue weighted by Crippen LogP contribution is -1.90. The fraction of sp³-hybridized carbons (Fsp3) is 0. The molecule has 4 heteroatoms. The quantitative estimate of drug-likeness (QED) is 0.720. The Balaban J connectivity index is 2.58. The maximum atomic E-state index is 8.74. The van der Waals surface area contributed by atoms with E-state index < -0.39 is 0 Å². The van der Waals surface area contributed by atoms with E-state index in [-0.39, 0.29) is 0 Å². The van der Waals surface area contributed by atoms with Gasteiger partial charge in [0.2, 0.25) is 0 Å². The number of thiazole rings is 1. The van der Waals surface area contributed by atoms with Crippen LogP contribution < -0.4 is 5.73 Å². The first-order valence-electron chi connectivity index (χ1n) is 4.01. The van der Waals surface area contributed by atoms with Crippen molar-refractivity contribution in [2.45, 2.75) is 0 Å². The molecule has 0 saturated carbocycles. The normalized spacial score (nSPS) is 9.64. The summed E-state index contributed by atoms with van der Waals surface area (Å²) in [5.41, 5.74) is 7.88. The van der Waals surface area contributed by atoms with Crippen LogP contribution in [0.25, 0.3) is 10.6 Å². The summed E-state index contributed by atoms with van der Waals surface area (Å²) in [5.74, 6) is 0. The lowest BCUT2D eigenvalue weighted by molar-refractivity contribution is 1.41. The van der Waals surface area contributed by atoms with E-state index in [1.807, 2.05) is 5.38 Å². The van der Waals surface area contributed by atoms with Crippen LogP contribution in [0, 0.1) is 11.3 Å². The highest BCUT2D eigenvalue weighted by Crippen LogP contribution is 2.28. The summed E-state index contributed by atoms with van der Waals surface area (Å²) in [7, 11) is 0. The van der Waals surface area contributed by atoms with Crippen LogP contribution in [0.4, 0.5) is 5.69 Å². The van der Waals surface area contributed by atoms with Crippen LogP contribution in [-0.4, -0.2) is 4.98 Å². The van der Waals surface area contributed by atoms with Crippen LogP contribution in [0.2, 0.25) is 0 Å². The van der Waals surface area contributed by atoms with E-state index in [1.54, 1.807) is 24.4 Å². The first kappa shape index (κ1) is 8.73. The minimum Gasteiger partial charge on any atom is -0.398 e. The van der Waals surface area contributed by atoms with Gasteiger partial charge < -0.3 is 5.73 Å². The van der Waals surface area contributed by atoms with Crippen LogP contribution in [-0.2, 0) is 0 Å². The second-order valence-electron chi connectivity index (χ2n) is 2.75. The van der Waals surface area contributed by atoms with E-state index >= 15 is 0 Å². The molecule has 1 heterocycles. The molecule has 3 nitrogen and oxygen atoms in total. The number of aromatic nitrogens is 1. The fourth-order valence-corrected chi connectivity index (χ4v) is 1.84. The van der Waals surface area contributed by atoms with Gasteiger partial charge in [-0.15, -0.1) is 11.3 Å². The Morgan fingerprint density at radius 1 is 1.43 bits per heavy atom. The van der Waals surface area contributed by atoms with E-state index in [4.69, 9.17) is 11.0 Å².